The molecule has 0 amide bonds. The van der Waals surface area contributed by atoms with Crippen molar-refractivity contribution in [3.8, 4) is 0 Å². The van der Waals surface area contributed by atoms with Crippen molar-refractivity contribution in [1.82, 2.24) is 0 Å². The first-order valence-corrected chi connectivity index (χ1v) is 16.4. The molecule has 6 rings (SSSR count). The predicted octanol–water partition coefficient (Wildman–Crippen LogP) is 11.9. The Hall–Kier alpha value is -3.13. The van der Waals surface area contributed by atoms with E-state index in [9.17, 15) is 0 Å². The van der Waals surface area contributed by atoms with Crippen molar-refractivity contribution in [2.45, 2.75) is 122 Å². The number of nitrogens with two attached hydrogens (primary N) is 1. The Labute approximate surface area is 272 Å². The van der Waals surface area contributed by atoms with E-state index in [0.29, 0.717) is 22.1 Å². The van der Waals surface area contributed by atoms with E-state index < -0.39 is 0 Å². The van der Waals surface area contributed by atoms with Crippen LogP contribution in [0.1, 0.15) is 129 Å². The number of aryl methyl sites for hydroxylation is 3. The van der Waals surface area contributed by atoms with Gasteiger partial charge in [-0.15, -0.1) is 0 Å². The Balaban J connectivity index is 0.000000273. The molecular weight excluding hydrogens is 532 g/mol. The van der Waals surface area contributed by atoms with Crippen LogP contribution in [0.2, 0.25) is 0 Å². The molecule has 242 valence electrons. The lowest BCUT2D eigenvalue weighted by atomic mass is 10.0. The molecule has 3 aromatic rings. The molecular formula is C42H64N2. The van der Waals surface area contributed by atoms with Crippen LogP contribution in [0.25, 0.3) is 5.57 Å². The molecule has 0 fully saturated rings. The van der Waals surface area contributed by atoms with Gasteiger partial charge in [-0.1, -0.05) is 162 Å². The molecule has 1 heterocycles. The van der Waals surface area contributed by atoms with E-state index in [1.807, 2.05) is 18.2 Å². The maximum absolute atomic E-state index is 5.60. The van der Waals surface area contributed by atoms with Crippen LogP contribution >= 0.6 is 0 Å². The summed E-state index contributed by atoms with van der Waals surface area (Å²) in [6.07, 6.45) is 6.31. The summed E-state index contributed by atoms with van der Waals surface area (Å²) < 4.78 is 0. The van der Waals surface area contributed by atoms with Gasteiger partial charge in [-0.05, 0) is 81.7 Å². The van der Waals surface area contributed by atoms with Crippen LogP contribution in [0.5, 0.6) is 0 Å². The van der Waals surface area contributed by atoms with E-state index in [2.05, 4.69) is 149 Å². The lowest BCUT2D eigenvalue weighted by molar-refractivity contribution is 0.469. The Morgan fingerprint density at radius 3 is 1.27 bits per heavy atom. The van der Waals surface area contributed by atoms with Gasteiger partial charge in [-0.3, -0.25) is 4.99 Å². The van der Waals surface area contributed by atoms with Gasteiger partial charge in [0.05, 0.1) is 6.54 Å². The molecule has 44 heavy (non-hydrogen) atoms. The minimum Gasteiger partial charge on any atom is -0.383 e. The van der Waals surface area contributed by atoms with E-state index in [1.54, 1.807) is 11.1 Å². The first kappa shape index (κ1) is 38.9. The van der Waals surface area contributed by atoms with Crippen LogP contribution in [0.15, 0.2) is 84.4 Å². The zero-order chi connectivity index (χ0) is 33.6. The first-order chi connectivity index (χ1) is 20.2. The highest BCUT2D eigenvalue weighted by atomic mass is 14.9. The number of benzene rings is 3. The molecule has 0 spiro atoms. The summed E-state index contributed by atoms with van der Waals surface area (Å²) in [5, 5.41) is 0. The maximum Gasteiger partial charge on any atom is 0.126 e. The maximum atomic E-state index is 5.60. The molecule has 2 heteroatoms. The van der Waals surface area contributed by atoms with E-state index in [-0.39, 0.29) is 0 Å². The number of aliphatic imine (C=N–C) groups is 1. The van der Waals surface area contributed by atoms with Crippen molar-refractivity contribution in [3.63, 3.8) is 0 Å². The van der Waals surface area contributed by atoms with Crippen LogP contribution in [0, 0.1) is 16.2 Å². The van der Waals surface area contributed by atoms with Crippen molar-refractivity contribution in [2.24, 2.45) is 27.0 Å². The minimum atomic E-state index is 0.500. The number of allylic oxidation sites excluding steroid dienone is 1. The number of hydrogen-bond acceptors (Lipinski definition) is 2. The second-order valence-electron chi connectivity index (χ2n) is 16.7. The number of nitrogens with zero attached hydrogens (tertiary/aromatic N) is 1. The summed E-state index contributed by atoms with van der Waals surface area (Å²) >= 11 is 0. The average Bonchev–Trinajstić information content (AvgIpc) is 3.61. The Bertz CT molecular complexity index is 1230. The summed E-state index contributed by atoms with van der Waals surface area (Å²) in [7, 11) is 0. The molecule has 0 saturated carbocycles. The smallest absolute Gasteiger partial charge is 0.126 e. The molecule has 2 nitrogen and oxygen atoms in total. The second kappa shape index (κ2) is 18.0. The van der Waals surface area contributed by atoms with Gasteiger partial charge in [0, 0.05) is 5.56 Å². The number of hydrogen-bond donors (Lipinski definition) is 1. The molecule has 1 aliphatic heterocycles. The van der Waals surface area contributed by atoms with E-state index in [0.717, 1.165) is 18.5 Å². The van der Waals surface area contributed by atoms with Gasteiger partial charge in [0.2, 0.25) is 0 Å². The summed E-state index contributed by atoms with van der Waals surface area (Å²) in [5.41, 5.74) is 16.7. The monoisotopic (exact) mass is 597 g/mol. The molecule has 0 aromatic heterocycles. The molecule has 3 aliphatic rings. The van der Waals surface area contributed by atoms with Crippen LogP contribution in [0.3, 0.4) is 0 Å². The molecule has 2 N–H and O–H groups in total. The van der Waals surface area contributed by atoms with Gasteiger partial charge in [-0.25, -0.2) is 0 Å². The van der Waals surface area contributed by atoms with E-state index >= 15 is 0 Å². The third-order valence-corrected chi connectivity index (χ3v) is 5.82. The molecule has 0 radical (unpaired) electrons. The largest absolute Gasteiger partial charge is 0.383 e. The predicted molar refractivity (Wildman–Crippen MR) is 199 cm³/mol. The quantitative estimate of drug-likeness (QED) is 0.275. The Morgan fingerprint density at radius 1 is 0.500 bits per heavy atom. The fourth-order valence-corrected chi connectivity index (χ4v) is 4.18. The van der Waals surface area contributed by atoms with Crippen LogP contribution in [-0.2, 0) is 25.8 Å². The van der Waals surface area contributed by atoms with Gasteiger partial charge < -0.3 is 5.73 Å². The normalized spacial score (nSPS) is 14.1. The molecule has 0 unspecified atom stereocenters. The van der Waals surface area contributed by atoms with E-state index in [1.165, 1.54) is 47.9 Å². The van der Waals surface area contributed by atoms with Crippen molar-refractivity contribution in [3.05, 3.63) is 113 Å². The number of fused-ring (bicyclic) bond motifs is 3. The highest BCUT2D eigenvalue weighted by Crippen LogP contribution is 2.29. The lowest BCUT2D eigenvalue weighted by Gasteiger charge is -2.05. The van der Waals surface area contributed by atoms with Gasteiger partial charge in [-0.2, -0.15) is 0 Å². The van der Waals surface area contributed by atoms with Crippen LogP contribution in [-0.4, -0.2) is 5.84 Å². The Morgan fingerprint density at radius 2 is 0.864 bits per heavy atom. The second-order valence-corrected chi connectivity index (χ2v) is 16.7. The Kier molecular flexibility index (Phi) is 15.9. The third-order valence-electron chi connectivity index (χ3n) is 5.82. The fraction of sp³-hybridized carbons (Fsp3) is 0.500. The van der Waals surface area contributed by atoms with Gasteiger partial charge in [0.25, 0.3) is 0 Å². The van der Waals surface area contributed by atoms with Crippen molar-refractivity contribution in [2.75, 3.05) is 0 Å². The third kappa shape index (κ3) is 19.2. The van der Waals surface area contributed by atoms with Crippen molar-refractivity contribution in [1.29, 1.82) is 0 Å². The van der Waals surface area contributed by atoms with Crippen LogP contribution in [0.4, 0.5) is 0 Å². The average molecular weight is 597 g/mol. The fourth-order valence-electron chi connectivity index (χ4n) is 4.18. The van der Waals surface area contributed by atoms with Crippen molar-refractivity contribution < 1.29 is 0 Å². The highest BCUT2D eigenvalue weighted by Gasteiger charge is 2.12. The highest BCUT2D eigenvalue weighted by molar-refractivity contribution is 6.00. The SMILES string of the molecule is C=C1CCc2ccccc21.CC(C)(C)C.CC(C)(C)C.CC(C)(C)C.NC1=NCc2ccccc21.c1ccc2c(c1)CCC2. The summed E-state index contributed by atoms with van der Waals surface area (Å²) in [6, 6.07) is 25.3. The number of amidine groups is 1. The zero-order valence-electron chi connectivity index (χ0n) is 30.4. The van der Waals surface area contributed by atoms with E-state index in [4.69, 9.17) is 5.73 Å². The molecule has 0 bridgehead atoms. The van der Waals surface area contributed by atoms with Gasteiger partial charge in [0.1, 0.15) is 5.84 Å². The zero-order valence-corrected chi connectivity index (χ0v) is 30.4. The summed E-state index contributed by atoms with van der Waals surface area (Å²) in [4.78, 5) is 4.10. The van der Waals surface area contributed by atoms with Crippen LogP contribution < -0.4 is 5.73 Å². The summed E-state index contributed by atoms with van der Waals surface area (Å²) in [5.74, 6) is 0.676. The van der Waals surface area contributed by atoms with Gasteiger partial charge in [0.15, 0.2) is 0 Å². The molecule has 2 aliphatic carbocycles. The lowest BCUT2D eigenvalue weighted by Crippen LogP contribution is -2.09. The molecule has 3 aromatic carbocycles. The molecule has 0 saturated heterocycles. The van der Waals surface area contributed by atoms with Gasteiger partial charge >= 0.3 is 0 Å². The molecule has 0 atom stereocenters. The topological polar surface area (TPSA) is 38.4 Å². The first-order valence-electron chi connectivity index (χ1n) is 16.4. The number of rotatable bonds is 0. The standard InChI is InChI=1S/C10H10.C9H10.C8H8N2.3C5H12/c1-8-6-7-9-4-2-3-5-10(8)9;1-2-5-9-7-3-6-8(9)4-1;9-8-7-4-2-1-3-6(7)5-10-8;3*1-5(2,3)4/h2-5H,1,6-7H2;1-2,4-5H,3,6-7H2;1-4H,5H2,(H2,9,10);3*1-4H3. The minimum absolute atomic E-state index is 0.500. The van der Waals surface area contributed by atoms with Crippen molar-refractivity contribution >= 4 is 11.4 Å². The summed E-state index contributed by atoms with van der Waals surface area (Å²) in [6.45, 7) is 31.0.